The second-order valence-corrected chi connectivity index (χ2v) is 8.02. The number of nitrogens with one attached hydrogen (secondary N) is 4. The van der Waals surface area contributed by atoms with Crippen molar-refractivity contribution in [1.82, 2.24) is 30.2 Å². The number of ether oxygens (including phenoxy) is 1. The molecule has 1 aromatic carbocycles. The minimum absolute atomic E-state index is 0.00439. The third kappa shape index (κ3) is 3.71. The van der Waals surface area contributed by atoms with E-state index in [4.69, 9.17) is 4.74 Å². The second kappa shape index (κ2) is 7.29. The van der Waals surface area contributed by atoms with Crippen LogP contribution in [0.4, 0.5) is 16.4 Å². The third-order valence-corrected chi connectivity index (χ3v) is 5.49. The van der Waals surface area contributed by atoms with Crippen molar-refractivity contribution in [3.8, 4) is 11.8 Å². The summed E-state index contributed by atoms with van der Waals surface area (Å²) in [7, 11) is 0. The fraction of sp³-hybridized carbons (Fsp3) is 0.238. The summed E-state index contributed by atoms with van der Waals surface area (Å²) in [5.41, 5.74) is 2.77. The van der Waals surface area contributed by atoms with E-state index in [0.717, 1.165) is 24.1 Å². The molecule has 3 aromatic rings. The Morgan fingerprint density at radius 1 is 1.09 bits per heavy atom. The normalized spacial score (nSPS) is 18.7. The lowest BCUT2D eigenvalue weighted by molar-refractivity contribution is -0.116. The number of anilines is 2. The van der Waals surface area contributed by atoms with Gasteiger partial charge in [0.25, 0.3) is 5.91 Å². The Hall–Kier alpha value is -4.48. The number of aryl methyl sites for hydroxylation is 1. The van der Waals surface area contributed by atoms with Gasteiger partial charge in [-0.15, -0.1) is 0 Å². The number of carbonyl (C=O) groups is 3. The highest BCUT2D eigenvalue weighted by atomic mass is 16.5. The van der Waals surface area contributed by atoms with E-state index in [2.05, 4.69) is 36.3 Å². The Bertz CT molecular complexity index is 1370. The molecule has 4 heterocycles. The maximum atomic E-state index is 11.9. The molecule has 12 nitrogen and oxygen atoms in total. The summed E-state index contributed by atoms with van der Waals surface area (Å²) < 4.78 is 7.51. The summed E-state index contributed by atoms with van der Waals surface area (Å²) in [6.45, 7) is 0. The average Bonchev–Trinajstić information content (AvgIpc) is 3.42. The van der Waals surface area contributed by atoms with Gasteiger partial charge in [0.15, 0.2) is 5.65 Å². The first-order chi connectivity index (χ1) is 16.0. The van der Waals surface area contributed by atoms with Crippen LogP contribution in [0.3, 0.4) is 0 Å². The van der Waals surface area contributed by atoms with Crippen LogP contribution in [0.15, 0.2) is 30.1 Å². The predicted octanol–water partition coefficient (Wildman–Crippen LogP) is 1.56. The summed E-state index contributed by atoms with van der Waals surface area (Å²) in [4.78, 5) is 43.9. The Balaban J connectivity index is 1.38. The molecule has 0 radical (unpaired) electrons. The number of fused-ring (bicyclic) bond motifs is 2. The maximum Gasteiger partial charge on any atom is 0.327 e. The summed E-state index contributed by atoms with van der Waals surface area (Å²) >= 11 is 0. The van der Waals surface area contributed by atoms with Crippen molar-refractivity contribution in [2.24, 2.45) is 0 Å². The molecule has 4 amide bonds. The molecule has 0 bridgehead atoms. The van der Waals surface area contributed by atoms with Gasteiger partial charge in [-0.1, -0.05) is 0 Å². The van der Waals surface area contributed by atoms with Crippen LogP contribution in [-0.2, 0) is 16.0 Å². The first-order valence-corrected chi connectivity index (χ1v) is 10.5. The molecule has 1 aliphatic carbocycles. The number of benzene rings is 1. The van der Waals surface area contributed by atoms with E-state index in [0.29, 0.717) is 41.8 Å². The molecule has 166 valence electrons. The standard InChI is InChI=1S/C21H18N8O4/c30-16-6-1-10-7-13(4-5-14(10)24-16)33-21-26-17-11(8-15-18(31)27-20(32)25-15)9-22-29(17)19(28-21)23-12-2-3-12/h4-5,7-9,12H,1-3,6H2,(H,24,30)(H,23,26,28)(H2,25,27,31,32)/b15-8-. The quantitative estimate of drug-likeness (QED) is 0.340. The van der Waals surface area contributed by atoms with E-state index in [9.17, 15) is 14.4 Å². The van der Waals surface area contributed by atoms with Crippen LogP contribution < -0.4 is 26.0 Å². The highest BCUT2D eigenvalue weighted by Crippen LogP contribution is 2.30. The molecule has 2 aliphatic heterocycles. The zero-order valence-corrected chi connectivity index (χ0v) is 17.2. The molecule has 0 atom stereocenters. The fourth-order valence-corrected chi connectivity index (χ4v) is 3.69. The second-order valence-electron chi connectivity index (χ2n) is 8.02. The maximum absolute atomic E-state index is 11.9. The van der Waals surface area contributed by atoms with E-state index >= 15 is 0 Å². The van der Waals surface area contributed by atoms with E-state index in [1.165, 1.54) is 16.8 Å². The molecule has 6 rings (SSSR count). The Kier molecular flexibility index (Phi) is 4.25. The molecule has 2 fully saturated rings. The van der Waals surface area contributed by atoms with Crippen molar-refractivity contribution in [3.63, 3.8) is 0 Å². The number of aromatic nitrogens is 4. The molecule has 12 heteroatoms. The van der Waals surface area contributed by atoms with Crippen molar-refractivity contribution in [1.29, 1.82) is 0 Å². The van der Waals surface area contributed by atoms with Crippen molar-refractivity contribution in [2.45, 2.75) is 31.7 Å². The van der Waals surface area contributed by atoms with Crippen LogP contribution in [0, 0.1) is 0 Å². The smallest absolute Gasteiger partial charge is 0.327 e. The molecule has 2 aromatic heterocycles. The molecule has 1 saturated carbocycles. The molecular formula is C21H18N8O4. The number of imide groups is 1. The monoisotopic (exact) mass is 446 g/mol. The predicted molar refractivity (Wildman–Crippen MR) is 116 cm³/mol. The zero-order chi connectivity index (χ0) is 22.5. The number of hydrogen-bond acceptors (Lipinski definition) is 8. The number of urea groups is 1. The molecule has 1 saturated heterocycles. The van der Waals surface area contributed by atoms with E-state index < -0.39 is 11.9 Å². The van der Waals surface area contributed by atoms with Gasteiger partial charge in [-0.2, -0.15) is 19.6 Å². The van der Waals surface area contributed by atoms with E-state index in [1.54, 1.807) is 12.1 Å². The average molecular weight is 446 g/mol. The largest absolute Gasteiger partial charge is 0.424 e. The Morgan fingerprint density at radius 3 is 2.76 bits per heavy atom. The van der Waals surface area contributed by atoms with Crippen molar-refractivity contribution >= 4 is 41.2 Å². The van der Waals surface area contributed by atoms with Crippen LogP contribution in [0.5, 0.6) is 11.8 Å². The molecule has 0 spiro atoms. The summed E-state index contributed by atoms with van der Waals surface area (Å²) in [5, 5.41) is 15.1. The molecule has 4 N–H and O–H groups in total. The van der Waals surface area contributed by atoms with Gasteiger partial charge in [-0.05, 0) is 49.1 Å². The Labute approximate surface area is 186 Å². The van der Waals surface area contributed by atoms with Crippen LogP contribution in [0.1, 0.15) is 30.4 Å². The first kappa shape index (κ1) is 19.2. The van der Waals surface area contributed by atoms with Crippen LogP contribution in [0.2, 0.25) is 0 Å². The SMILES string of the molecule is O=C1CCc2cc(Oc3nc(NC4CC4)n4ncc(/C=C5\NC(=O)NC5=O)c4n3)ccc2N1. The number of nitrogens with zero attached hydrogens (tertiary/aromatic N) is 4. The molecule has 0 unspecified atom stereocenters. The number of carbonyl (C=O) groups excluding carboxylic acids is 3. The minimum Gasteiger partial charge on any atom is -0.424 e. The van der Waals surface area contributed by atoms with Gasteiger partial charge in [0.2, 0.25) is 11.9 Å². The van der Waals surface area contributed by atoms with Crippen molar-refractivity contribution < 1.29 is 19.1 Å². The molecular weight excluding hydrogens is 428 g/mol. The number of hydrogen-bond donors (Lipinski definition) is 4. The lowest BCUT2D eigenvalue weighted by Crippen LogP contribution is -2.22. The van der Waals surface area contributed by atoms with Crippen molar-refractivity contribution in [3.05, 3.63) is 41.2 Å². The highest BCUT2D eigenvalue weighted by molar-refractivity contribution is 6.14. The zero-order valence-electron chi connectivity index (χ0n) is 17.2. The van der Waals surface area contributed by atoms with Crippen LogP contribution >= 0.6 is 0 Å². The van der Waals surface area contributed by atoms with Gasteiger partial charge in [0, 0.05) is 23.7 Å². The van der Waals surface area contributed by atoms with Gasteiger partial charge in [-0.3, -0.25) is 14.9 Å². The highest BCUT2D eigenvalue weighted by Gasteiger charge is 2.26. The number of amides is 4. The summed E-state index contributed by atoms with van der Waals surface area (Å²) in [6.07, 6.45) is 6.15. The number of rotatable bonds is 5. The van der Waals surface area contributed by atoms with Gasteiger partial charge in [-0.25, -0.2) is 4.79 Å². The van der Waals surface area contributed by atoms with Crippen LogP contribution in [0.25, 0.3) is 11.7 Å². The first-order valence-electron chi connectivity index (χ1n) is 10.5. The van der Waals surface area contributed by atoms with Gasteiger partial charge >= 0.3 is 12.0 Å². The lowest BCUT2D eigenvalue weighted by Gasteiger charge is -2.17. The minimum atomic E-state index is -0.582. The fourth-order valence-electron chi connectivity index (χ4n) is 3.69. The van der Waals surface area contributed by atoms with Gasteiger partial charge in [0.05, 0.1) is 6.20 Å². The summed E-state index contributed by atoms with van der Waals surface area (Å²) in [5.74, 6) is 0.471. The lowest BCUT2D eigenvalue weighted by atomic mass is 10.0. The topological polar surface area (TPSA) is 152 Å². The summed E-state index contributed by atoms with van der Waals surface area (Å²) in [6, 6.07) is 5.21. The van der Waals surface area contributed by atoms with E-state index in [-0.39, 0.29) is 17.6 Å². The van der Waals surface area contributed by atoms with E-state index in [1.807, 2.05) is 6.07 Å². The van der Waals surface area contributed by atoms with Gasteiger partial charge in [0.1, 0.15) is 11.4 Å². The Morgan fingerprint density at radius 2 is 1.97 bits per heavy atom. The van der Waals surface area contributed by atoms with Crippen molar-refractivity contribution in [2.75, 3.05) is 10.6 Å². The molecule has 33 heavy (non-hydrogen) atoms. The van der Waals surface area contributed by atoms with Gasteiger partial charge < -0.3 is 20.7 Å². The molecule has 3 aliphatic rings. The van der Waals surface area contributed by atoms with Crippen LogP contribution in [-0.4, -0.2) is 43.5 Å². The third-order valence-electron chi connectivity index (χ3n) is 5.49.